The van der Waals surface area contributed by atoms with E-state index in [1.807, 2.05) is 0 Å². The lowest BCUT2D eigenvalue weighted by atomic mass is 9.56. The van der Waals surface area contributed by atoms with Crippen molar-refractivity contribution in [2.45, 2.75) is 25.0 Å². The van der Waals surface area contributed by atoms with E-state index in [2.05, 4.69) is 0 Å². The fourth-order valence-corrected chi connectivity index (χ4v) is 5.57. The molecule has 1 saturated carbocycles. The highest BCUT2D eigenvalue weighted by Crippen LogP contribution is 2.54. The van der Waals surface area contributed by atoms with Crippen LogP contribution >= 0.6 is 0 Å². The van der Waals surface area contributed by atoms with Crippen molar-refractivity contribution < 1.29 is 34.8 Å². The number of nitrogens with two attached hydrogens (primary N) is 1. The zero-order valence-electron chi connectivity index (χ0n) is 17.2. The summed E-state index contributed by atoms with van der Waals surface area (Å²) >= 11 is 0. The Morgan fingerprint density at radius 2 is 1.74 bits per heavy atom. The maximum Gasteiger partial charge on any atom is 0.255 e. The number of hydrogen-bond acceptors (Lipinski definition) is 8. The van der Waals surface area contributed by atoms with Gasteiger partial charge >= 0.3 is 0 Å². The van der Waals surface area contributed by atoms with Gasteiger partial charge in [-0.2, -0.15) is 0 Å². The molecule has 0 heterocycles. The average molecular weight is 428 g/mol. The molecule has 0 bridgehead atoms. The molecule has 0 spiro atoms. The van der Waals surface area contributed by atoms with Gasteiger partial charge in [-0.05, 0) is 31.6 Å². The molecule has 1 amide bonds. The van der Waals surface area contributed by atoms with Gasteiger partial charge in [-0.25, -0.2) is 0 Å². The molecule has 1 aromatic carbocycles. The van der Waals surface area contributed by atoms with Gasteiger partial charge in [0.1, 0.15) is 22.8 Å². The normalized spacial score (nSPS) is 32.7. The van der Waals surface area contributed by atoms with E-state index >= 15 is 0 Å². The van der Waals surface area contributed by atoms with Crippen LogP contribution < -0.4 is 5.73 Å². The van der Waals surface area contributed by atoms with Gasteiger partial charge in [-0.15, -0.1) is 0 Å². The van der Waals surface area contributed by atoms with Crippen molar-refractivity contribution >= 4 is 23.2 Å². The number of phenolic OH excluding ortho intramolecular Hbond substituents is 1. The number of aromatic hydroxyl groups is 1. The molecule has 9 heteroatoms. The summed E-state index contributed by atoms with van der Waals surface area (Å²) in [6.45, 7) is 1.76. The molecule has 6 unspecified atom stereocenters. The van der Waals surface area contributed by atoms with Crippen LogP contribution in [0.1, 0.15) is 24.0 Å². The first-order valence-electron chi connectivity index (χ1n) is 9.91. The number of rotatable bonds is 2. The van der Waals surface area contributed by atoms with Crippen molar-refractivity contribution in [2.24, 2.45) is 23.5 Å². The predicted octanol–water partition coefficient (Wildman–Crippen LogP) is 0.381. The number of carbonyl (C=O) groups is 3. The molecule has 31 heavy (non-hydrogen) atoms. The van der Waals surface area contributed by atoms with Crippen LogP contribution in [0.15, 0.2) is 35.1 Å². The number of nitrogens with zero attached hydrogens (tertiary/aromatic N) is 1. The second kappa shape index (κ2) is 6.93. The number of ketones is 2. The minimum Gasteiger partial charge on any atom is -0.510 e. The smallest absolute Gasteiger partial charge is 0.255 e. The highest BCUT2D eigenvalue weighted by atomic mass is 16.3. The van der Waals surface area contributed by atoms with Crippen molar-refractivity contribution in [3.63, 3.8) is 0 Å². The molecule has 0 aliphatic heterocycles. The SMILES string of the molecule is CC1c2cccc(O)c2C(O)=C2C(=O)C3C(=O)C(C(N)=O)=C(O)C(N(C)C)C3C(O)C21. The Bertz CT molecular complexity index is 1090. The van der Waals surface area contributed by atoms with Gasteiger partial charge in [0.2, 0.25) is 0 Å². The first-order chi connectivity index (χ1) is 14.5. The van der Waals surface area contributed by atoms with Gasteiger partial charge < -0.3 is 26.2 Å². The van der Waals surface area contributed by atoms with Crippen molar-refractivity contribution in [3.8, 4) is 5.75 Å². The second-order valence-electron chi connectivity index (χ2n) is 8.63. The number of aliphatic hydroxyl groups excluding tert-OH is 3. The highest BCUT2D eigenvalue weighted by Gasteiger charge is 2.60. The number of primary amides is 1. The van der Waals surface area contributed by atoms with Crippen molar-refractivity contribution in [3.05, 3.63) is 46.2 Å². The van der Waals surface area contributed by atoms with Crippen LogP contribution in [0.3, 0.4) is 0 Å². The van der Waals surface area contributed by atoms with Crippen molar-refractivity contribution in [2.75, 3.05) is 14.1 Å². The second-order valence-corrected chi connectivity index (χ2v) is 8.63. The highest BCUT2D eigenvalue weighted by molar-refractivity contribution is 6.28. The predicted molar refractivity (Wildman–Crippen MR) is 109 cm³/mol. The third-order valence-electron chi connectivity index (χ3n) is 6.86. The van der Waals surface area contributed by atoms with Crippen LogP contribution in [0.2, 0.25) is 0 Å². The van der Waals surface area contributed by atoms with Crippen molar-refractivity contribution in [1.29, 1.82) is 0 Å². The molecule has 1 fully saturated rings. The van der Waals surface area contributed by atoms with Crippen molar-refractivity contribution in [1.82, 2.24) is 4.90 Å². The maximum absolute atomic E-state index is 13.6. The van der Waals surface area contributed by atoms with E-state index in [1.165, 1.54) is 11.0 Å². The van der Waals surface area contributed by atoms with Crippen LogP contribution in [0.4, 0.5) is 0 Å². The Morgan fingerprint density at radius 3 is 2.32 bits per heavy atom. The van der Waals surface area contributed by atoms with Gasteiger partial charge in [-0.1, -0.05) is 19.1 Å². The summed E-state index contributed by atoms with van der Waals surface area (Å²) in [5, 5.41) is 43.3. The number of carbonyl (C=O) groups excluding carboxylic acids is 3. The quantitative estimate of drug-likeness (QED) is 0.334. The molecule has 164 valence electrons. The molecular weight excluding hydrogens is 404 g/mol. The molecular formula is C22H24N2O7. The Hall–Kier alpha value is -3.17. The van der Waals surface area contributed by atoms with E-state index in [4.69, 9.17) is 5.73 Å². The topological polar surface area (TPSA) is 161 Å². The Balaban J connectivity index is 1.99. The number of Topliss-reactive ketones (excluding diaryl/α,β-unsaturated/α-hetero) is 2. The molecule has 0 saturated heterocycles. The van der Waals surface area contributed by atoms with E-state index in [-0.39, 0.29) is 16.9 Å². The van der Waals surface area contributed by atoms with Crippen LogP contribution in [-0.4, -0.2) is 69.0 Å². The number of likely N-dealkylation sites (N-methyl/N-ethyl adjacent to an activating group) is 1. The van der Waals surface area contributed by atoms with Crippen LogP contribution in [-0.2, 0) is 14.4 Å². The third kappa shape index (κ3) is 2.66. The summed E-state index contributed by atoms with van der Waals surface area (Å²) in [6.07, 6.45) is -1.31. The number of phenols is 1. The number of hydrogen-bond donors (Lipinski definition) is 5. The molecule has 1 aromatic rings. The van der Waals surface area contributed by atoms with Gasteiger partial charge in [-0.3, -0.25) is 19.3 Å². The standard InChI is InChI=1S/C22H24N2O7/c1-7-8-5-4-6-9(25)11(8)18(27)13-10(7)17(26)12-14(19(13)28)20(29)15(22(23)31)21(30)16(12)24(2)3/h4-7,10,12,14,16-17,25-27,30H,1-3H3,(H2,23,31). The van der Waals surface area contributed by atoms with E-state index in [9.17, 15) is 34.8 Å². The minimum absolute atomic E-state index is 0.0844. The molecule has 3 aliphatic carbocycles. The first-order valence-corrected chi connectivity index (χ1v) is 9.91. The van der Waals surface area contributed by atoms with Gasteiger partial charge in [0.25, 0.3) is 5.91 Å². The molecule has 6 N–H and O–H groups in total. The minimum atomic E-state index is -1.51. The molecule has 9 nitrogen and oxygen atoms in total. The summed E-state index contributed by atoms with van der Waals surface area (Å²) in [4.78, 5) is 40.1. The number of amides is 1. The van der Waals surface area contributed by atoms with E-state index in [0.29, 0.717) is 5.56 Å². The van der Waals surface area contributed by atoms with Crippen LogP contribution in [0, 0.1) is 17.8 Å². The van der Waals surface area contributed by atoms with Gasteiger partial charge in [0.15, 0.2) is 11.6 Å². The fraction of sp³-hybridized carbons (Fsp3) is 0.409. The fourth-order valence-electron chi connectivity index (χ4n) is 5.57. The Kier molecular flexibility index (Phi) is 4.71. The molecule has 6 atom stereocenters. The summed E-state index contributed by atoms with van der Waals surface area (Å²) in [5.74, 6) is -8.11. The molecule has 3 aliphatic rings. The lowest BCUT2D eigenvalue weighted by Gasteiger charge is -2.50. The number of benzene rings is 1. The summed E-state index contributed by atoms with van der Waals surface area (Å²) in [5.41, 5.74) is 5.11. The van der Waals surface area contributed by atoms with Crippen LogP contribution in [0.25, 0.3) is 5.76 Å². The number of fused-ring (bicyclic) bond motifs is 3. The first kappa shape index (κ1) is 21.1. The van der Waals surface area contributed by atoms with E-state index < -0.39 is 70.4 Å². The Labute approximate surface area is 178 Å². The zero-order chi connectivity index (χ0) is 22.9. The molecule has 0 radical (unpaired) electrons. The van der Waals surface area contributed by atoms with Gasteiger partial charge in [0.05, 0.1) is 23.6 Å². The maximum atomic E-state index is 13.6. The molecule has 4 rings (SSSR count). The molecule has 0 aromatic heterocycles. The number of aliphatic hydroxyl groups is 3. The van der Waals surface area contributed by atoms with Gasteiger partial charge in [0, 0.05) is 17.4 Å². The van der Waals surface area contributed by atoms with E-state index in [0.717, 1.165) is 0 Å². The third-order valence-corrected chi connectivity index (χ3v) is 6.86. The monoisotopic (exact) mass is 428 g/mol. The average Bonchev–Trinajstić information content (AvgIpc) is 2.67. The summed E-state index contributed by atoms with van der Waals surface area (Å²) in [6, 6.07) is 3.65. The lowest BCUT2D eigenvalue weighted by Crippen LogP contribution is -2.61. The lowest BCUT2D eigenvalue weighted by molar-refractivity contribution is -0.143. The van der Waals surface area contributed by atoms with Crippen LogP contribution in [0.5, 0.6) is 5.75 Å². The summed E-state index contributed by atoms with van der Waals surface area (Å²) in [7, 11) is 3.17. The largest absolute Gasteiger partial charge is 0.510 e. The Morgan fingerprint density at radius 1 is 1.10 bits per heavy atom. The summed E-state index contributed by atoms with van der Waals surface area (Å²) < 4.78 is 0. The zero-order valence-corrected chi connectivity index (χ0v) is 17.2. The van der Waals surface area contributed by atoms with E-state index in [1.54, 1.807) is 33.2 Å².